The van der Waals surface area contributed by atoms with E-state index < -0.39 is 0 Å². The molecule has 0 aliphatic heterocycles. The lowest BCUT2D eigenvalue weighted by Crippen LogP contribution is -1.93. The Hall–Kier alpha value is -8.40. The Bertz CT molecular complexity index is 4700. The van der Waals surface area contributed by atoms with Gasteiger partial charge in [-0.2, -0.15) is 0 Å². The number of unbranched alkanes of at least 4 members (excludes halogenated alkanes) is 36. The molecule has 0 N–H and O–H groups in total. The highest BCUT2D eigenvalue weighted by molar-refractivity contribution is 6.40. The third kappa shape index (κ3) is 22.9. The summed E-state index contributed by atoms with van der Waals surface area (Å²) in [6.45, 7) is 13.9. The molecule has 3 heteroatoms. The summed E-state index contributed by atoms with van der Waals surface area (Å²) < 4.78 is 7.89. The van der Waals surface area contributed by atoms with Crippen molar-refractivity contribution in [3.05, 3.63) is 215 Å². The van der Waals surface area contributed by atoms with E-state index in [2.05, 4.69) is 258 Å². The fraction of sp³-hybridized carbons (Fsp3) is 0.487. The van der Waals surface area contributed by atoms with Gasteiger partial charge in [-0.15, -0.1) is 0 Å². The van der Waals surface area contributed by atoms with Crippen molar-refractivity contribution in [2.45, 2.75) is 350 Å². The van der Waals surface area contributed by atoms with E-state index in [9.17, 15) is 0 Å². The molecule has 0 spiro atoms. The van der Waals surface area contributed by atoms with E-state index in [1.165, 1.54) is 435 Å². The molecule has 3 nitrogen and oxygen atoms in total. The van der Waals surface area contributed by atoms with Crippen LogP contribution < -0.4 is 0 Å². The first-order valence-corrected chi connectivity index (χ1v) is 49.7. The second kappa shape index (κ2) is 46.7. The summed E-state index contributed by atoms with van der Waals surface area (Å²) in [7, 11) is 7.22. The first-order chi connectivity index (χ1) is 59.1. The maximum absolute atomic E-state index is 2.65. The number of nitrogens with zero attached hydrogens (tertiary/aromatic N) is 3. The lowest BCUT2D eigenvalue weighted by atomic mass is 9.90. The van der Waals surface area contributed by atoms with Crippen molar-refractivity contribution in [2.24, 2.45) is 21.1 Å². The Balaban J connectivity index is 1.03. The summed E-state index contributed by atoms with van der Waals surface area (Å²) in [6.07, 6.45) is 62.4. The monoisotopic (exact) mass is 1600 g/mol. The van der Waals surface area contributed by atoms with Crippen LogP contribution in [0.25, 0.3) is 132 Å². The zero-order chi connectivity index (χ0) is 83.2. The van der Waals surface area contributed by atoms with Gasteiger partial charge in [-0.3, -0.25) is 0 Å². The normalized spacial score (nSPS) is 12.0. The third-order valence-electron chi connectivity index (χ3n) is 27.7. The summed E-state index contributed by atoms with van der Waals surface area (Å²) in [4.78, 5) is 0. The molecule has 0 unspecified atom stereocenters. The van der Waals surface area contributed by atoms with Gasteiger partial charge >= 0.3 is 0 Å². The minimum absolute atomic E-state index is 1.13. The number of fused-ring (bicyclic) bond motifs is 12. The highest BCUT2D eigenvalue weighted by atomic mass is 15.0. The van der Waals surface area contributed by atoms with Gasteiger partial charge in [0.25, 0.3) is 0 Å². The Labute approximate surface area is 727 Å². The second-order valence-electron chi connectivity index (χ2n) is 37.0. The smallest absolute Gasteiger partial charge is 0.0612 e. The Morgan fingerprint density at radius 2 is 0.308 bits per heavy atom. The van der Waals surface area contributed by atoms with Crippen molar-refractivity contribution >= 4 is 65.4 Å². The molecule has 0 saturated heterocycles. The molecule has 13 rings (SSSR count). The molecule has 0 fully saturated rings. The fourth-order valence-electron chi connectivity index (χ4n) is 20.3. The van der Waals surface area contributed by atoms with Gasteiger partial charge in [0.2, 0.25) is 0 Å². The van der Waals surface area contributed by atoms with Gasteiger partial charge < -0.3 is 13.7 Å². The lowest BCUT2D eigenvalue weighted by Gasteiger charge is -2.14. The maximum atomic E-state index is 2.65. The molecule has 636 valence electrons. The predicted molar refractivity (Wildman–Crippen MR) is 531 cm³/mol. The van der Waals surface area contributed by atoms with E-state index in [1.807, 2.05) is 0 Å². The van der Waals surface area contributed by atoms with Crippen molar-refractivity contribution in [2.75, 3.05) is 0 Å². The minimum Gasteiger partial charge on any atom is -0.343 e. The standard InChI is InChI=1S/C117H153N3/c1-10-16-22-28-34-40-46-52-88-58-70-94(71-59-88)100-82-106-109(85-103(100)97-76-64-91(65-77-97)55-49-43-37-31-25-19-13-4)118(7)115-112(106)116-114(107-83-101(95-72-60-89(61-73-95)53-47-41-35-29-23-17-11-2)104(86-110(107)119(116)8)98-78-66-92(67-79-98)56-50-44-38-32-26-20-14-5)117-113(115)108-84-102(96-74-62-90(63-75-96)54-48-42-36-30-24-18-12-3)105(87-111(108)120(117)9)99-80-68-93(69-81-99)57-51-45-39-33-27-21-15-6/h58-87H,10-57H2,1-9H3. The predicted octanol–water partition coefficient (Wildman–Crippen LogP) is 36.4. The molecular weight excluding hydrogens is 1450 g/mol. The maximum Gasteiger partial charge on any atom is 0.0612 e. The van der Waals surface area contributed by atoms with Crippen LogP contribution in [0.4, 0.5) is 0 Å². The van der Waals surface area contributed by atoms with E-state index in [4.69, 9.17) is 0 Å². The summed E-state index contributed by atoms with van der Waals surface area (Å²) in [5.41, 5.74) is 31.9. The molecule has 0 radical (unpaired) electrons. The fourth-order valence-corrected chi connectivity index (χ4v) is 20.3. The van der Waals surface area contributed by atoms with Gasteiger partial charge in [-0.05, 0) is 214 Å². The highest BCUT2D eigenvalue weighted by Gasteiger charge is 2.29. The van der Waals surface area contributed by atoms with E-state index in [-0.39, 0.29) is 0 Å². The van der Waals surface area contributed by atoms with Crippen molar-refractivity contribution < 1.29 is 0 Å². The van der Waals surface area contributed by atoms with Crippen molar-refractivity contribution in [3.63, 3.8) is 0 Å². The Kier molecular flexibility index (Phi) is 34.8. The van der Waals surface area contributed by atoms with Gasteiger partial charge in [0, 0.05) is 70.0 Å². The van der Waals surface area contributed by atoms with Gasteiger partial charge in [0.15, 0.2) is 0 Å². The van der Waals surface area contributed by atoms with Crippen LogP contribution in [0, 0.1) is 0 Å². The van der Waals surface area contributed by atoms with Crippen molar-refractivity contribution in [1.82, 2.24) is 13.7 Å². The van der Waals surface area contributed by atoms with Crippen molar-refractivity contribution in [3.8, 4) is 66.8 Å². The van der Waals surface area contributed by atoms with Crippen LogP contribution in [0.15, 0.2) is 182 Å². The first kappa shape index (κ1) is 89.4. The molecule has 0 saturated carbocycles. The molecule has 3 heterocycles. The lowest BCUT2D eigenvalue weighted by molar-refractivity contribution is 0.589. The Morgan fingerprint density at radius 1 is 0.167 bits per heavy atom. The average molecular weight is 1600 g/mol. The van der Waals surface area contributed by atoms with Gasteiger partial charge in [-0.25, -0.2) is 0 Å². The molecule has 0 aliphatic rings. The quantitative estimate of drug-likeness (QED) is 0.0338. The van der Waals surface area contributed by atoms with Crippen LogP contribution in [0.3, 0.4) is 0 Å². The SMILES string of the molecule is CCCCCCCCCc1ccc(-c2cc3c4c(c5c6cc(-c7ccc(CCCCCCCCC)cc7)c(-c7ccc(CCCCCCCCC)cc7)cc6n(C)c5c5c6cc(-c7ccc(CCCCCCCCC)cc7)c(-c7ccc(CCCCCCCCC)cc7)cc6n(C)c45)n(C)c3cc2-c2ccc(CCCCCCCCC)cc2)cc1. The minimum atomic E-state index is 1.13. The molecule has 10 aromatic carbocycles. The summed E-state index contributed by atoms with van der Waals surface area (Å²) in [5, 5.41) is 7.92. The molecule has 0 bridgehead atoms. The van der Waals surface area contributed by atoms with Gasteiger partial charge in [0.1, 0.15) is 0 Å². The number of benzene rings is 10. The van der Waals surface area contributed by atoms with Crippen LogP contribution in [0.5, 0.6) is 0 Å². The van der Waals surface area contributed by atoms with Crippen LogP contribution in [0.1, 0.15) is 345 Å². The molecule has 3 aromatic heterocycles. The van der Waals surface area contributed by atoms with E-state index in [0.29, 0.717) is 0 Å². The molecule has 0 amide bonds. The molecule has 13 aromatic rings. The number of rotatable bonds is 54. The Morgan fingerprint density at radius 3 is 0.467 bits per heavy atom. The summed E-state index contributed by atoms with van der Waals surface area (Å²) in [6, 6.07) is 74.8. The largest absolute Gasteiger partial charge is 0.343 e. The number of hydrogen-bond acceptors (Lipinski definition) is 0. The van der Waals surface area contributed by atoms with Crippen LogP contribution in [0.2, 0.25) is 0 Å². The molecule has 0 atom stereocenters. The third-order valence-corrected chi connectivity index (χ3v) is 27.7. The van der Waals surface area contributed by atoms with Crippen molar-refractivity contribution in [1.29, 1.82) is 0 Å². The average Bonchev–Trinajstić information content (AvgIpc) is 1.51. The van der Waals surface area contributed by atoms with Gasteiger partial charge in [0.05, 0.1) is 16.6 Å². The molecule has 120 heavy (non-hydrogen) atoms. The van der Waals surface area contributed by atoms with E-state index in [0.717, 1.165) is 38.5 Å². The van der Waals surface area contributed by atoms with Crippen LogP contribution in [-0.2, 0) is 59.7 Å². The summed E-state index contributed by atoms with van der Waals surface area (Å²) >= 11 is 0. The van der Waals surface area contributed by atoms with E-state index in [1.54, 1.807) is 0 Å². The van der Waals surface area contributed by atoms with Gasteiger partial charge in [-0.1, -0.05) is 418 Å². The van der Waals surface area contributed by atoms with E-state index >= 15 is 0 Å². The van der Waals surface area contributed by atoms with Crippen LogP contribution in [-0.4, -0.2) is 13.7 Å². The topological polar surface area (TPSA) is 14.8 Å². The zero-order valence-electron chi connectivity index (χ0n) is 76.6. The first-order valence-electron chi connectivity index (χ1n) is 49.7. The zero-order valence-corrected chi connectivity index (χ0v) is 76.6. The number of hydrogen-bond donors (Lipinski definition) is 0. The second-order valence-corrected chi connectivity index (χ2v) is 37.0. The van der Waals surface area contributed by atoms with Crippen LogP contribution >= 0.6 is 0 Å². The number of aryl methyl sites for hydroxylation is 9. The summed E-state index contributed by atoms with van der Waals surface area (Å²) in [5.74, 6) is 0. The number of aromatic nitrogens is 3. The highest BCUT2D eigenvalue weighted by Crippen LogP contribution is 2.52. The molecule has 0 aliphatic carbocycles. The molecular formula is C117H153N3.